The summed E-state index contributed by atoms with van der Waals surface area (Å²) in [6.07, 6.45) is 1.82. The number of rotatable bonds is 6. The number of carbonyl (C=O) groups is 1. The van der Waals surface area contributed by atoms with E-state index in [1.54, 1.807) is 6.07 Å². The summed E-state index contributed by atoms with van der Waals surface area (Å²) in [6, 6.07) is 3.29. The molecule has 0 saturated carbocycles. The largest absolute Gasteiger partial charge is 0.376 e. The van der Waals surface area contributed by atoms with Crippen LogP contribution in [-0.2, 0) is 4.79 Å². The molecule has 0 atom stereocenters. The Morgan fingerprint density at radius 1 is 1.37 bits per heavy atom. The van der Waals surface area contributed by atoms with Gasteiger partial charge in [-0.1, -0.05) is 13.8 Å². The lowest BCUT2D eigenvalue weighted by molar-refractivity contribution is -0.120. The minimum atomic E-state index is -0.339. The molecule has 0 aliphatic rings. The Hall–Kier alpha value is -1.10. The second-order valence-electron chi connectivity index (χ2n) is 4.52. The number of nitrogens with one attached hydrogen (secondary N) is 2. The number of hydrogen-bond acceptors (Lipinski definition) is 2. The minimum absolute atomic E-state index is 0.0728. The molecule has 1 aromatic rings. The zero-order valence-electron chi connectivity index (χ0n) is 11.5. The van der Waals surface area contributed by atoms with Crippen molar-refractivity contribution in [3.63, 3.8) is 0 Å². The highest BCUT2D eigenvalue weighted by Crippen LogP contribution is 2.23. The van der Waals surface area contributed by atoms with Crippen LogP contribution in [-0.4, -0.2) is 18.5 Å². The van der Waals surface area contributed by atoms with Gasteiger partial charge in [0, 0.05) is 11.7 Å². The number of carbonyl (C=O) groups excluding carboxylic acids is 1. The maximum atomic E-state index is 13.4. The first kappa shape index (κ1) is 16.0. The molecule has 3 nitrogen and oxygen atoms in total. The first-order chi connectivity index (χ1) is 8.97. The summed E-state index contributed by atoms with van der Waals surface area (Å²) in [6.45, 7) is 6.09. The molecule has 0 aromatic heterocycles. The van der Waals surface area contributed by atoms with Crippen molar-refractivity contribution in [3.8, 4) is 0 Å². The van der Waals surface area contributed by atoms with Crippen LogP contribution < -0.4 is 10.6 Å². The van der Waals surface area contributed by atoms with E-state index in [4.69, 9.17) is 0 Å². The summed E-state index contributed by atoms with van der Waals surface area (Å²) in [4.78, 5) is 11.7. The van der Waals surface area contributed by atoms with Crippen LogP contribution in [0.2, 0.25) is 0 Å². The van der Waals surface area contributed by atoms with E-state index in [0.717, 1.165) is 18.4 Å². The second-order valence-corrected chi connectivity index (χ2v) is 5.37. The van der Waals surface area contributed by atoms with E-state index in [-0.39, 0.29) is 24.3 Å². The predicted molar refractivity (Wildman–Crippen MR) is 79.8 cm³/mol. The smallest absolute Gasteiger partial charge is 0.239 e. The van der Waals surface area contributed by atoms with Gasteiger partial charge < -0.3 is 10.6 Å². The molecule has 0 unspecified atom stereocenters. The number of hydrogen-bond donors (Lipinski definition) is 2. The molecule has 2 N–H and O–H groups in total. The van der Waals surface area contributed by atoms with Gasteiger partial charge in [-0.3, -0.25) is 4.79 Å². The third kappa shape index (κ3) is 4.82. The lowest BCUT2D eigenvalue weighted by Gasteiger charge is -2.16. The highest BCUT2D eigenvalue weighted by Gasteiger charge is 2.09. The number of amides is 1. The zero-order valence-corrected chi connectivity index (χ0v) is 13.1. The third-order valence-electron chi connectivity index (χ3n) is 3.06. The van der Waals surface area contributed by atoms with E-state index in [1.807, 2.05) is 20.8 Å². The van der Waals surface area contributed by atoms with Crippen molar-refractivity contribution in [1.29, 1.82) is 0 Å². The van der Waals surface area contributed by atoms with Crippen LogP contribution in [0.15, 0.2) is 16.6 Å². The van der Waals surface area contributed by atoms with Gasteiger partial charge in [0.05, 0.1) is 11.0 Å². The fraction of sp³-hybridized carbons (Fsp3) is 0.500. The summed E-state index contributed by atoms with van der Waals surface area (Å²) in [7, 11) is 0. The molecule has 0 aliphatic heterocycles. The van der Waals surface area contributed by atoms with Crippen LogP contribution in [0.3, 0.4) is 0 Å². The van der Waals surface area contributed by atoms with Crippen molar-refractivity contribution in [3.05, 3.63) is 28.0 Å². The molecule has 1 rings (SSSR count). The van der Waals surface area contributed by atoms with Crippen LogP contribution in [0, 0.1) is 12.7 Å². The maximum Gasteiger partial charge on any atom is 0.239 e. The topological polar surface area (TPSA) is 41.1 Å². The molecule has 1 aromatic carbocycles. The van der Waals surface area contributed by atoms with Crippen molar-refractivity contribution >= 4 is 27.5 Å². The molecule has 0 radical (unpaired) electrons. The van der Waals surface area contributed by atoms with Gasteiger partial charge >= 0.3 is 0 Å². The normalized spacial score (nSPS) is 10.6. The van der Waals surface area contributed by atoms with Crippen molar-refractivity contribution in [2.24, 2.45) is 0 Å². The maximum absolute atomic E-state index is 13.4. The Morgan fingerprint density at radius 2 is 2.00 bits per heavy atom. The summed E-state index contributed by atoms with van der Waals surface area (Å²) in [5.41, 5.74) is 1.53. The van der Waals surface area contributed by atoms with Gasteiger partial charge in [0.15, 0.2) is 0 Å². The first-order valence-electron chi connectivity index (χ1n) is 6.46. The average molecular weight is 331 g/mol. The van der Waals surface area contributed by atoms with Crippen LogP contribution in [0.5, 0.6) is 0 Å². The lowest BCUT2D eigenvalue weighted by Crippen LogP contribution is -2.37. The molecule has 0 aliphatic carbocycles. The van der Waals surface area contributed by atoms with Crippen LogP contribution in [0.4, 0.5) is 10.1 Å². The van der Waals surface area contributed by atoms with Gasteiger partial charge in [-0.15, -0.1) is 0 Å². The van der Waals surface area contributed by atoms with Crippen molar-refractivity contribution in [2.75, 3.05) is 11.9 Å². The van der Waals surface area contributed by atoms with E-state index >= 15 is 0 Å². The van der Waals surface area contributed by atoms with E-state index in [9.17, 15) is 9.18 Å². The molecule has 0 saturated heterocycles. The summed E-state index contributed by atoms with van der Waals surface area (Å²) < 4.78 is 13.8. The Balaban J connectivity index is 2.57. The number of anilines is 1. The molecular formula is C14H20BrFN2O. The molecule has 106 valence electrons. The Kier molecular flexibility index (Phi) is 6.28. The van der Waals surface area contributed by atoms with E-state index in [2.05, 4.69) is 26.6 Å². The van der Waals surface area contributed by atoms with E-state index < -0.39 is 0 Å². The molecule has 0 bridgehead atoms. The van der Waals surface area contributed by atoms with Gasteiger partial charge in [0.25, 0.3) is 0 Å². The van der Waals surface area contributed by atoms with Crippen LogP contribution >= 0.6 is 15.9 Å². The van der Waals surface area contributed by atoms with Gasteiger partial charge in [0.1, 0.15) is 5.82 Å². The molecule has 0 heterocycles. The first-order valence-corrected chi connectivity index (χ1v) is 7.26. The molecule has 5 heteroatoms. The van der Waals surface area contributed by atoms with Gasteiger partial charge in [-0.05, 0) is 53.4 Å². The molecule has 0 fully saturated rings. The minimum Gasteiger partial charge on any atom is -0.376 e. The van der Waals surface area contributed by atoms with Crippen molar-refractivity contribution in [1.82, 2.24) is 5.32 Å². The molecule has 19 heavy (non-hydrogen) atoms. The van der Waals surface area contributed by atoms with Crippen LogP contribution in [0.25, 0.3) is 0 Å². The Morgan fingerprint density at radius 3 is 2.58 bits per heavy atom. The fourth-order valence-corrected chi connectivity index (χ4v) is 2.24. The predicted octanol–water partition coefficient (Wildman–Crippen LogP) is 3.61. The summed E-state index contributed by atoms with van der Waals surface area (Å²) in [5.74, 6) is -0.412. The molecular weight excluding hydrogens is 311 g/mol. The monoisotopic (exact) mass is 330 g/mol. The Bertz CT molecular complexity index is 447. The third-order valence-corrected chi connectivity index (χ3v) is 3.67. The van der Waals surface area contributed by atoms with Crippen molar-refractivity contribution < 1.29 is 9.18 Å². The number of aryl methyl sites for hydroxylation is 1. The molecule has 1 amide bonds. The lowest BCUT2D eigenvalue weighted by atomic mass is 10.1. The quantitative estimate of drug-likeness (QED) is 0.836. The van der Waals surface area contributed by atoms with Crippen LogP contribution in [0.1, 0.15) is 32.3 Å². The second kappa shape index (κ2) is 7.48. The SMILES string of the molecule is CCC(CC)NC(=O)CNc1cc(F)c(Br)cc1C. The van der Waals surface area contributed by atoms with Gasteiger partial charge in [-0.25, -0.2) is 4.39 Å². The zero-order chi connectivity index (χ0) is 14.4. The van der Waals surface area contributed by atoms with Crippen molar-refractivity contribution in [2.45, 2.75) is 39.7 Å². The highest BCUT2D eigenvalue weighted by atomic mass is 79.9. The van der Waals surface area contributed by atoms with Gasteiger partial charge in [-0.2, -0.15) is 0 Å². The van der Waals surface area contributed by atoms with Gasteiger partial charge in [0.2, 0.25) is 5.91 Å². The summed E-state index contributed by atoms with van der Waals surface area (Å²) in [5, 5.41) is 5.89. The highest BCUT2D eigenvalue weighted by molar-refractivity contribution is 9.10. The fourth-order valence-electron chi connectivity index (χ4n) is 1.78. The van der Waals surface area contributed by atoms with E-state index in [0.29, 0.717) is 10.2 Å². The summed E-state index contributed by atoms with van der Waals surface area (Å²) >= 11 is 3.13. The standard InChI is InChI=1S/C14H20BrFN2O/c1-4-10(5-2)18-14(19)8-17-13-7-12(16)11(15)6-9(13)3/h6-7,10,17H,4-5,8H2,1-3H3,(H,18,19). The number of benzene rings is 1. The average Bonchev–Trinajstić information content (AvgIpc) is 2.38. The number of halogens is 2. The Labute approximate surface area is 122 Å². The van der Waals surface area contributed by atoms with E-state index in [1.165, 1.54) is 6.07 Å². The molecule has 0 spiro atoms.